The lowest BCUT2D eigenvalue weighted by Crippen LogP contribution is -2.46. The van der Waals surface area contributed by atoms with Gasteiger partial charge in [0.25, 0.3) is 0 Å². The van der Waals surface area contributed by atoms with Gasteiger partial charge in [0.2, 0.25) is 0 Å². The van der Waals surface area contributed by atoms with Gasteiger partial charge in [0.15, 0.2) is 5.78 Å². The molecule has 0 heterocycles. The molecule has 2 fully saturated rings. The van der Waals surface area contributed by atoms with E-state index in [2.05, 4.69) is 19.9 Å². The summed E-state index contributed by atoms with van der Waals surface area (Å²) in [5, 5.41) is 0. The molecular weight excluding hydrogens is 272 g/mol. The molecular formula is C20H26O2. The van der Waals surface area contributed by atoms with Crippen molar-refractivity contribution >= 4 is 11.6 Å². The van der Waals surface area contributed by atoms with E-state index in [9.17, 15) is 9.59 Å². The Labute approximate surface area is 133 Å². The standard InChI is InChI=1S/C20H26O2/c1-12(21)16-6-7-17-15-5-4-13-10-14(22)11-20(13,3)18(15)8-9-19(16,17)2/h7,10,15-16,18H,4-6,8-9,11H2,1-3H3/t15-,16+,18-,19+,20-/m0/s1. The van der Waals surface area contributed by atoms with Gasteiger partial charge in [-0.3, -0.25) is 9.59 Å². The van der Waals surface area contributed by atoms with Gasteiger partial charge < -0.3 is 0 Å². The lowest BCUT2D eigenvalue weighted by atomic mass is 9.50. The lowest BCUT2D eigenvalue weighted by molar-refractivity contribution is -0.124. The van der Waals surface area contributed by atoms with Crippen LogP contribution in [0.2, 0.25) is 0 Å². The van der Waals surface area contributed by atoms with Crippen LogP contribution in [0.5, 0.6) is 0 Å². The SMILES string of the molecule is CC(=O)[C@H]1CC=C2[C@@H]3CCC4=CC(=O)C[C@]4(C)[C@H]3CC[C@@]21C. The summed E-state index contributed by atoms with van der Waals surface area (Å²) in [6, 6.07) is 0. The Balaban J connectivity index is 1.70. The van der Waals surface area contributed by atoms with Gasteiger partial charge in [0, 0.05) is 12.3 Å². The van der Waals surface area contributed by atoms with E-state index in [4.69, 9.17) is 0 Å². The zero-order valence-corrected chi connectivity index (χ0v) is 13.9. The molecule has 0 aromatic rings. The van der Waals surface area contributed by atoms with Crippen LogP contribution in [0.1, 0.15) is 59.3 Å². The first kappa shape index (κ1) is 14.4. The minimum Gasteiger partial charge on any atom is -0.300 e. The van der Waals surface area contributed by atoms with Crippen LogP contribution in [0.15, 0.2) is 23.3 Å². The lowest BCUT2D eigenvalue weighted by Gasteiger charge is -2.54. The summed E-state index contributed by atoms with van der Waals surface area (Å²) in [5.74, 6) is 2.07. The molecule has 0 spiro atoms. The van der Waals surface area contributed by atoms with Crippen LogP contribution in [0.25, 0.3) is 0 Å². The van der Waals surface area contributed by atoms with E-state index in [1.807, 2.05) is 6.08 Å². The molecule has 0 radical (unpaired) electrons. The Kier molecular flexibility index (Phi) is 2.90. The Morgan fingerprint density at radius 1 is 1.23 bits per heavy atom. The fraction of sp³-hybridized carbons (Fsp3) is 0.700. The van der Waals surface area contributed by atoms with Gasteiger partial charge in [-0.2, -0.15) is 0 Å². The number of rotatable bonds is 1. The molecule has 2 heteroatoms. The third-order valence-corrected chi connectivity index (χ3v) is 7.51. The largest absolute Gasteiger partial charge is 0.300 e. The highest BCUT2D eigenvalue weighted by molar-refractivity contribution is 5.94. The number of carbonyl (C=O) groups is 2. The van der Waals surface area contributed by atoms with Gasteiger partial charge in [-0.15, -0.1) is 0 Å². The van der Waals surface area contributed by atoms with Crippen molar-refractivity contribution in [3.63, 3.8) is 0 Å². The number of hydrogen-bond acceptors (Lipinski definition) is 2. The first-order valence-electron chi connectivity index (χ1n) is 8.81. The molecule has 4 aliphatic carbocycles. The van der Waals surface area contributed by atoms with Crippen molar-refractivity contribution in [2.24, 2.45) is 28.6 Å². The molecule has 2 nitrogen and oxygen atoms in total. The van der Waals surface area contributed by atoms with Crippen molar-refractivity contribution in [1.29, 1.82) is 0 Å². The van der Waals surface area contributed by atoms with Crippen molar-refractivity contribution in [3.8, 4) is 0 Å². The van der Waals surface area contributed by atoms with E-state index < -0.39 is 0 Å². The molecule has 5 atom stereocenters. The van der Waals surface area contributed by atoms with E-state index in [1.165, 1.54) is 18.4 Å². The first-order valence-corrected chi connectivity index (χ1v) is 8.81. The summed E-state index contributed by atoms with van der Waals surface area (Å²) in [5.41, 5.74) is 3.15. The van der Waals surface area contributed by atoms with E-state index in [0.717, 1.165) is 19.3 Å². The molecule has 0 saturated heterocycles. The number of ketones is 2. The maximum atomic E-state index is 12.1. The predicted octanol–water partition coefficient (Wildman–Crippen LogP) is 4.25. The second-order valence-corrected chi connectivity index (χ2v) is 8.50. The second-order valence-electron chi connectivity index (χ2n) is 8.50. The minimum absolute atomic E-state index is 0.0905. The summed E-state index contributed by atoms with van der Waals surface area (Å²) in [4.78, 5) is 24.1. The van der Waals surface area contributed by atoms with Gasteiger partial charge >= 0.3 is 0 Å². The van der Waals surface area contributed by atoms with E-state index in [-0.39, 0.29) is 16.7 Å². The van der Waals surface area contributed by atoms with Crippen LogP contribution < -0.4 is 0 Å². The second kappa shape index (κ2) is 4.43. The Morgan fingerprint density at radius 3 is 2.73 bits per heavy atom. The third kappa shape index (κ3) is 1.67. The topological polar surface area (TPSA) is 34.1 Å². The maximum Gasteiger partial charge on any atom is 0.156 e. The quantitative estimate of drug-likeness (QED) is 0.678. The van der Waals surface area contributed by atoms with Gasteiger partial charge in [-0.05, 0) is 67.8 Å². The Morgan fingerprint density at radius 2 is 2.00 bits per heavy atom. The zero-order chi connectivity index (χ0) is 15.7. The highest BCUT2D eigenvalue weighted by Crippen LogP contribution is 2.65. The number of Topliss-reactive ketones (excluding diaryl/α,β-unsaturated/α-hetero) is 1. The van der Waals surface area contributed by atoms with Crippen LogP contribution in [0, 0.1) is 28.6 Å². The van der Waals surface area contributed by atoms with Crippen molar-refractivity contribution in [2.45, 2.75) is 59.3 Å². The first-order chi connectivity index (χ1) is 10.4. The molecule has 0 amide bonds. The molecule has 4 rings (SSSR count). The Hall–Kier alpha value is -1.18. The van der Waals surface area contributed by atoms with Crippen LogP contribution in [-0.2, 0) is 9.59 Å². The number of hydrogen-bond donors (Lipinski definition) is 0. The molecule has 0 aromatic carbocycles. The van der Waals surface area contributed by atoms with Crippen molar-refractivity contribution in [2.75, 3.05) is 0 Å². The highest BCUT2D eigenvalue weighted by atomic mass is 16.1. The fourth-order valence-electron chi connectivity index (χ4n) is 6.36. The average molecular weight is 298 g/mol. The summed E-state index contributed by atoms with van der Waals surface area (Å²) >= 11 is 0. The van der Waals surface area contributed by atoms with Crippen molar-refractivity contribution < 1.29 is 9.59 Å². The zero-order valence-electron chi connectivity index (χ0n) is 13.9. The summed E-state index contributed by atoms with van der Waals surface area (Å²) in [7, 11) is 0. The van der Waals surface area contributed by atoms with Crippen LogP contribution in [0.4, 0.5) is 0 Å². The van der Waals surface area contributed by atoms with Gasteiger partial charge in [0.1, 0.15) is 5.78 Å². The monoisotopic (exact) mass is 298 g/mol. The van der Waals surface area contributed by atoms with Crippen molar-refractivity contribution in [1.82, 2.24) is 0 Å². The van der Waals surface area contributed by atoms with Gasteiger partial charge in [0.05, 0.1) is 0 Å². The van der Waals surface area contributed by atoms with E-state index in [1.54, 1.807) is 12.5 Å². The number of fused-ring (bicyclic) bond motifs is 5. The van der Waals surface area contributed by atoms with E-state index >= 15 is 0 Å². The molecule has 0 aromatic heterocycles. The molecule has 0 aliphatic heterocycles. The van der Waals surface area contributed by atoms with Gasteiger partial charge in [-0.25, -0.2) is 0 Å². The van der Waals surface area contributed by atoms with Crippen LogP contribution in [-0.4, -0.2) is 11.6 Å². The van der Waals surface area contributed by atoms with Crippen molar-refractivity contribution in [3.05, 3.63) is 23.3 Å². The molecule has 118 valence electrons. The molecule has 0 bridgehead atoms. The molecule has 0 unspecified atom stereocenters. The predicted molar refractivity (Wildman–Crippen MR) is 86.2 cm³/mol. The minimum atomic E-state index is 0.0905. The summed E-state index contributed by atoms with van der Waals surface area (Å²) < 4.78 is 0. The maximum absolute atomic E-state index is 12.1. The van der Waals surface area contributed by atoms with E-state index in [0.29, 0.717) is 29.8 Å². The molecule has 0 N–H and O–H groups in total. The van der Waals surface area contributed by atoms with Crippen LogP contribution in [0.3, 0.4) is 0 Å². The molecule has 4 aliphatic rings. The number of carbonyl (C=O) groups excluding carboxylic acids is 2. The molecule has 2 saturated carbocycles. The Bertz CT molecular complexity index is 626. The number of allylic oxidation sites excluding steroid dienone is 4. The fourth-order valence-corrected chi connectivity index (χ4v) is 6.36. The molecule has 22 heavy (non-hydrogen) atoms. The highest BCUT2D eigenvalue weighted by Gasteiger charge is 2.57. The third-order valence-electron chi connectivity index (χ3n) is 7.51. The van der Waals surface area contributed by atoms with Gasteiger partial charge in [-0.1, -0.05) is 31.1 Å². The normalized spacial score (nSPS) is 46.5. The summed E-state index contributed by atoms with van der Waals surface area (Å²) in [6.07, 6.45) is 10.5. The summed E-state index contributed by atoms with van der Waals surface area (Å²) in [6.45, 7) is 6.40. The average Bonchev–Trinajstić information content (AvgIpc) is 2.93. The smallest absolute Gasteiger partial charge is 0.156 e. The van der Waals surface area contributed by atoms with Crippen LogP contribution >= 0.6 is 0 Å².